The zero-order valence-corrected chi connectivity index (χ0v) is 17.6. The maximum absolute atomic E-state index is 13.4. The number of alkyl halides is 3. The Morgan fingerprint density at radius 3 is 2.62 bits per heavy atom. The molecule has 6 rings (SSSR count). The standard InChI is InChI=1S/C24H17F3N6O/c25-24(26,27)20-9-12-31(22-8-11-29-33(20)22)23(34)18-14-21-28-10-7-19(32(21)30-18)17-6-5-15-3-1-2-4-16(15)13-17/h1-8,10-11,13-14,20H,9,12H2/t20-/m0/s1. The molecule has 1 aliphatic heterocycles. The number of aromatic nitrogens is 5. The van der Waals surface area contributed by atoms with Gasteiger partial charge >= 0.3 is 6.18 Å². The Hall–Kier alpha value is -4.21. The second-order valence-electron chi connectivity index (χ2n) is 8.13. The number of anilines is 1. The predicted octanol–water partition coefficient (Wildman–Crippen LogP) is 4.90. The van der Waals surface area contributed by atoms with Gasteiger partial charge in [0, 0.05) is 30.4 Å². The van der Waals surface area contributed by atoms with Crippen molar-refractivity contribution in [3.8, 4) is 11.3 Å². The molecule has 0 saturated carbocycles. The molecule has 4 heterocycles. The number of rotatable bonds is 2. The lowest BCUT2D eigenvalue weighted by molar-refractivity contribution is -0.172. The van der Waals surface area contributed by atoms with Crippen LogP contribution in [-0.4, -0.2) is 43.0 Å². The van der Waals surface area contributed by atoms with Crippen molar-refractivity contribution in [1.82, 2.24) is 24.4 Å². The van der Waals surface area contributed by atoms with Crippen molar-refractivity contribution in [3.63, 3.8) is 0 Å². The number of halogens is 3. The molecule has 0 radical (unpaired) electrons. The van der Waals surface area contributed by atoms with Gasteiger partial charge in [-0.15, -0.1) is 0 Å². The third-order valence-electron chi connectivity index (χ3n) is 6.09. The molecule has 5 aromatic rings. The first-order valence-corrected chi connectivity index (χ1v) is 10.7. The maximum Gasteiger partial charge on any atom is 0.410 e. The largest absolute Gasteiger partial charge is 0.410 e. The van der Waals surface area contributed by atoms with Gasteiger partial charge in [0.1, 0.15) is 5.82 Å². The molecule has 0 saturated heterocycles. The molecule has 0 N–H and O–H groups in total. The molecule has 7 nitrogen and oxygen atoms in total. The summed E-state index contributed by atoms with van der Waals surface area (Å²) in [5.41, 5.74) is 2.21. The van der Waals surface area contributed by atoms with E-state index in [-0.39, 0.29) is 24.5 Å². The topological polar surface area (TPSA) is 68.3 Å². The van der Waals surface area contributed by atoms with E-state index < -0.39 is 18.1 Å². The van der Waals surface area contributed by atoms with Crippen molar-refractivity contribution in [1.29, 1.82) is 0 Å². The van der Waals surface area contributed by atoms with Crippen LogP contribution in [0.5, 0.6) is 0 Å². The molecule has 1 aliphatic rings. The van der Waals surface area contributed by atoms with E-state index in [0.29, 0.717) is 5.65 Å². The molecule has 0 spiro atoms. The molecular formula is C24H17F3N6O. The second kappa shape index (κ2) is 7.41. The minimum Gasteiger partial charge on any atom is -0.291 e. The number of nitrogens with zero attached hydrogens (tertiary/aromatic N) is 6. The van der Waals surface area contributed by atoms with Gasteiger partial charge in [-0.3, -0.25) is 9.69 Å². The summed E-state index contributed by atoms with van der Waals surface area (Å²) in [7, 11) is 0. The van der Waals surface area contributed by atoms with E-state index >= 15 is 0 Å². The van der Waals surface area contributed by atoms with E-state index in [1.807, 2.05) is 48.5 Å². The number of fused-ring (bicyclic) bond motifs is 3. The highest BCUT2D eigenvalue weighted by Gasteiger charge is 2.46. The van der Waals surface area contributed by atoms with Crippen LogP contribution in [0.2, 0.25) is 0 Å². The van der Waals surface area contributed by atoms with E-state index in [0.717, 1.165) is 26.7 Å². The smallest absolute Gasteiger partial charge is 0.291 e. The summed E-state index contributed by atoms with van der Waals surface area (Å²) in [6, 6.07) is 17.0. The normalized spacial score (nSPS) is 16.2. The zero-order chi connectivity index (χ0) is 23.4. The highest BCUT2D eigenvalue weighted by Crippen LogP contribution is 2.39. The van der Waals surface area contributed by atoms with Crippen molar-refractivity contribution in [2.24, 2.45) is 0 Å². The van der Waals surface area contributed by atoms with E-state index in [4.69, 9.17) is 0 Å². The van der Waals surface area contributed by atoms with E-state index in [2.05, 4.69) is 15.2 Å². The Labute approximate surface area is 191 Å². The van der Waals surface area contributed by atoms with E-state index in [9.17, 15) is 18.0 Å². The quantitative estimate of drug-likeness (QED) is 0.374. The SMILES string of the molecule is O=C(c1cc2nccc(-c3ccc4ccccc4c3)n2n1)N1CC[C@@H](C(F)(F)F)n2nccc21. The van der Waals surface area contributed by atoms with Gasteiger partial charge in [-0.1, -0.05) is 36.4 Å². The number of carbonyl (C=O) groups is 1. The average Bonchev–Trinajstić information content (AvgIpc) is 3.49. The van der Waals surface area contributed by atoms with Crippen molar-refractivity contribution in [2.45, 2.75) is 18.6 Å². The van der Waals surface area contributed by atoms with Gasteiger partial charge in [0.05, 0.1) is 11.9 Å². The Kier molecular flexibility index (Phi) is 4.44. The van der Waals surface area contributed by atoms with Crippen LogP contribution in [0.1, 0.15) is 23.0 Å². The molecule has 10 heteroatoms. The van der Waals surface area contributed by atoms with Crippen molar-refractivity contribution >= 4 is 28.1 Å². The first kappa shape index (κ1) is 20.4. The third kappa shape index (κ3) is 3.21. The minimum absolute atomic E-state index is 0.0897. The molecule has 0 bridgehead atoms. The molecular weight excluding hydrogens is 445 g/mol. The summed E-state index contributed by atoms with van der Waals surface area (Å²) in [5.74, 6) is -0.407. The molecule has 170 valence electrons. The van der Waals surface area contributed by atoms with Gasteiger partial charge in [0.2, 0.25) is 0 Å². The van der Waals surface area contributed by atoms with Crippen LogP contribution in [0.25, 0.3) is 27.7 Å². The summed E-state index contributed by atoms with van der Waals surface area (Å²) in [6.07, 6.45) is -1.82. The minimum atomic E-state index is -4.45. The van der Waals surface area contributed by atoms with Crippen LogP contribution in [-0.2, 0) is 0 Å². The fourth-order valence-electron chi connectivity index (χ4n) is 4.46. The van der Waals surface area contributed by atoms with Crippen LogP contribution in [0.15, 0.2) is 73.1 Å². The lowest BCUT2D eigenvalue weighted by Crippen LogP contribution is -2.43. The summed E-state index contributed by atoms with van der Waals surface area (Å²) in [4.78, 5) is 18.9. The van der Waals surface area contributed by atoms with Crippen LogP contribution in [0, 0.1) is 0 Å². The van der Waals surface area contributed by atoms with Gasteiger partial charge in [-0.2, -0.15) is 23.4 Å². The van der Waals surface area contributed by atoms with Crippen molar-refractivity contribution in [2.75, 3.05) is 11.4 Å². The van der Waals surface area contributed by atoms with Gasteiger partial charge in [0.15, 0.2) is 17.4 Å². The lowest BCUT2D eigenvalue weighted by Gasteiger charge is -2.33. The monoisotopic (exact) mass is 462 g/mol. The van der Waals surface area contributed by atoms with Crippen molar-refractivity contribution in [3.05, 3.63) is 78.8 Å². The predicted molar refractivity (Wildman–Crippen MR) is 120 cm³/mol. The van der Waals surface area contributed by atoms with Crippen molar-refractivity contribution < 1.29 is 18.0 Å². The number of carbonyl (C=O) groups excluding carboxylic acids is 1. The Balaban J connectivity index is 1.39. The number of amides is 1. The average molecular weight is 462 g/mol. The summed E-state index contributed by atoms with van der Waals surface area (Å²) in [5, 5.41) is 10.5. The van der Waals surface area contributed by atoms with Crippen LogP contribution >= 0.6 is 0 Å². The van der Waals surface area contributed by atoms with Crippen LogP contribution < -0.4 is 4.90 Å². The maximum atomic E-state index is 13.4. The summed E-state index contributed by atoms with van der Waals surface area (Å²) in [6.45, 7) is -0.0897. The Morgan fingerprint density at radius 2 is 1.79 bits per heavy atom. The van der Waals surface area contributed by atoms with Gasteiger partial charge in [-0.25, -0.2) is 14.2 Å². The first-order valence-electron chi connectivity index (χ1n) is 10.7. The Bertz CT molecular complexity index is 1550. The molecule has 34 heavy (non-hydrogen) atoms. The first-order chi connectivity index (χ1) is 16.4. The molecule has 0 aliphatic carbocycles. The number of hydrogen-bond acceptors (Lipinski definition) is 4. The third-order valence-corrected chi connectivity index (χ3v) is 6.09. The van der Waals surface area contributed by atoms with Crippen LogP contribution in [0.3, 0.4) is 0 Å². The molecule has 0 unspecified atom stereocenters. The van der Waals surface area contributed by atoms with Gasteiger partial charge in [0.25, 0.3) is 5.91 Å². The highest BCUT2D eigenvalue weighted by atomic mass is 19.4. The second-order valence-corrected chi connectivity index (χ2v) is 8.13. The highest BCUT2D eigenvalue weighted by molar-refractivity contribution is 6.05. The fraction of sp³-hybridized carbons (Fsp3) is 0.167. The number of hydrogen-bond donors (Lipinski definition) is 0. The van der Waals surface area contributed by atoms with E-state index in [1.165, 1.54) is 17.2 Å². The lowest BCUT2D eigenvalue weighted by atomic mass is 10.1. The summed E-state index contributed by atoms with van der Waals surface area (Å²) >= 11 is 0. The zero-order valence-electron chi connectivity index (χ0n) is 17.6. The molecule has 0 fully saturated rings. The van der Waals surface area contributed by atoms with Gasteiger partial charge in [-0.05, 0) is 29.3 Å². The molecule has 1 amide bonds. The molecule has 3 aromatic heterocycles. The Morgan fingerprint density at radius 1 is 0.971 bits per heavy atom. The molecule has 2 aromatic carbocycles. The van der Waals surface area contributed by atoms with Gasteiger partial charge < -0.3 is 0 Å². The fourth-order valence-corrected chi connectivity index (χ4v) is 4.46. The summed E-state index contributed by atoms with van der Waals surface area (Å²) < 4.78 is 42.6. The van der Waals surface area contributed by atoms with E-state index in [1.54, 1.807) is 16.8 Å². The number of benzene rings is 2. The molecule has 1 atom stereocenters. The van der Waals surface area contributed by atoms with Crippen LogP contribution in [0.4, 0.5) is 19.0 Å².